The zero-order valence-electron chi connectivity index (χ0n) is 7.68. The molecule has 0 aliphatic carbocycles. The Bertz CT molecular complexity index is 165. The van der Waals surface area contributed by atoms with Crippen molar-refractivity contribution in [2.24, 2.45) is 0 Å². The van der Waals surface area contributed by atoms with E-state index in [4.69, 9.17) is 0 Å². The van der Waals surface area contributed by atoms with E-state index in [1.807, 2.05) is 0 Å². The lowest BCUT2D eigenvalue weighted by Crippen LogP contribution is -2.38. The van der Waals surface area contributed by atoms with E-state index < -0.39 is 0 Å². The Morgan fingerprint density at radius 3 is 3.08 bits per heavy atom. The predicted molar refractivity (Wildman–Crippen MR) is 50.9 cm³/mol. The Kier molecular flexibility index (Phi) is 3.56. The van der Waals surface area contributed by atoms with Crippen LogP contribution in [0.5, 0.6) is 0 Å². The van der Waals surface area contributed by atoms with Crippen LogP contribution in [0, 0.1) is 0 Å². The summed E-state index contributed by atoms with van der Waals surface area (Å²) in [6.45, 7) is 2.38. The molecule has 2 rings (SSSR count). The van der Waals surface area contributed by atoms with Crippen LogP contribution < -0.4 is 11.6 Å². The Balaban J connectivity index is 0.000000720. The number of hydrazine groups is 1. The number of hydrogen-bond donors (Lipinski definition) is 2. The monoisotopic (exact) mass is 169 g/mol. The fourth-order valence-corrected chi connectivity index (χ4v) is 1.83. The molecule has 0 aromatic carbocycles. The summed E-state index contributed by atoms with van der Waals surface area (Å²) >= 11 is 0. The molecule has 2 aliphatic heterocycles. The maximum Gasteiger partial charge on any atom is 0.0343 e. The number of allylic oxidation sites excluding steroid dienone is 2. The van der Waals surface area contributed by atoms with Gasteiger partial charge in [-0.1, -0.05) is 6.08 Å². The third-order valence-electron chi connectivity index (χ3n) is 2.47. The second kappa shape index (κ2) is 4.48. The Hall–Kier alpha value is -0.540. The largest absolute Gasteiger partial charge is 0.344 e. The molecule has 3 heteroatoms. The van der Waals surface area contributed by atoms with Crippen molar-refractivity contribution in [2.45, 2.75) is 32.1 Å². The van der Waals surface area contributed by atoms with Crippen LogP contribution in [0.3, 0.4) is 0 Å². The molecule has 0 amide bonds. The van der Waals surface area contributed by atoms with Crippen LogP contribution in [0.25, 0.3) is 0 Å². The van der Waals surface area contributed by atoms with Crippen molar-refractivity contribution in [1.29, 1.82) is 0 Å². The minimum Gasteiger partial charge on any atom is -0.344 e. The van der Waals surface area contributed by atoms with E-state index in [1.165, 1.54) is 44.3 Å². The Labute approximate surface area is 74.4 Å². The second-order valence-corrected chi connectivity index (χ2v) is 3.35. The van der Waals surface area contributed by atoms with Gasteiger partial charge in [-0.3, -0.25) is 0 Å². The van der Waals surface area contributed by atoms with Crippen molar-refractivity contribution in [3.05, 3.63) is 11.8 Å². The summed E-state index contributed by atoms with van der Waals surface area (Å²) in [5.74, 6) is 0. The number of nitrogens with one attached hydrogen (secondary N) is 1. The van der Waals surface area contributed by atoms with Gasteiger partial charge in [0.1, 0.15) is 0 Å². The molecular weight excluding hydrogens is 150 g/mol. The first-order valence-corrected chi connectivity index (χ1v) is 4.67. The quantitative estimate of drug-likeness (QED) is 0.581. The van der Waals surface area contributed by atoms with Gasteiger partial charge in [-0.25, -0.2) is 5.43 Å². The van der Waals surface area contributed by atoms with Crippen LogP contribution in [0.2, 0.25) is 0 Å². The van der Waals surface area contributed by atoms with E-state index in [0.29, 0.717) is 0 Å². The SMILES string of the molecule is C1=C2CCCCNN2CCC1.N. The highest BCUT2D eigenvalue weighted by molar-refractivity contribution is 5.04. The van der Waals surface area contributed by atoms with E-state index in [1.54, 1.807) is 0 Å². The van der Waals surface area contributed by atoms with Crippen LogP contribution in [-0.2, 0) is 0 Å². The predicted octanol–water partition coefficient (Wildman–Crippen LogP) is 1.82. The molecule has 2 heterocycles. The molecule has 2 aliphatic rings. The summed E-state index contributed by atoms with van der Waals surface area (Å²) in [6.07, 6.45) is 8.96. The molecule has 3 nitrogen and oxygen atoms in total. The lowest BCUT2D eigenvalue weighted by molar-refractivity contribution is 0.237. The third-order valence-corrected chi connectivity index (χ3v) is 2.47. The summed E-state index contributed by atoms with van der Waals surface area (Å²) in [5, 5.41) is 2.34. The first-order chi connectivity index (χ1) is 5.47. The van der Waals surface area contributed by atoms with Gasteiger partial charge in [0.15, 0.2) is 0 Å². The molecule has 0 aromatic heterocycles. The van der Waals surface area contributed by atoms with Crippen LogP contribution >= 0.6 is 0 Å². The summed E-state index contributed by atoms with van der Waals surface area (Å²) < 4.78 is 0. The van der Waals surface area contributed by atoms with Crippen molar-refractivity contribution in [3.63, 3.8) is 0 Å². The maximum absolute atomic E-state index is 3.45. The van der Waals surface area contributed by atoms with E-state index in [2.05, 4.69) is 16.5 Å². The van der Waals surface area contributed by atoms with E-state index in [-0.39, 0.29) is 6.15 Å². The van der Waals surface area contributed by atoms with Crippen molar-refractivity contribution < 1.29 is 0 Å². The molecule has 0 atom stereocenters. The first kappa shape index (κ1) is 9.55. The standard InChI is InChI=1S/C9H16N2.H3N/c1-3-7-10-11-8-4-2-6-9(11)5-1;/h6,10H,1-5,7-8H2;1H3. The van der Waals surface area contributed by atoms with E-state index in [0.717, 1.165) is 6.54 Å². The van der Waals surface area contributed by atoms with Gasteiger partial charge in [-0.05, 0) is 32.1 Å². The zero-order valence-corrected chi connectivity index (χ0v) is 7.68. The lowest BCUT2D eigenvalue weighted by atomic mass is 10.1. The molecule has 0 spiro atoms. The Morgan fingerprint density at radius 2 is 2.17 bits per heavy atom. The van der Waals surface area contributed by atoms with Gasteiger partial charge in [0.2, 0.25) is 0 Å². The smallest absolute Gasteiger partial charge is 0.0343 e. The first-order valence-electron chi connectivity index (χ1n) is 4.67. The normalized spacial score (nSPS) is 23.3. The topological polar surface area (TPSA) is 50.3 Å². The van der Waals surface area contributed by atoms with Crippen LogP contribution in [0.1, 0.15) is 32.1 Å². The summed E-state index contributed by atoms with van der Waals surface area (Å²) in [4.78, 5) is 0. The molecule has 0 radical (unpaired) electrons. The van der Waals surface area contributed by atoms with Gasteiger partial charge >= 0.3 is 0 Å². The number of hydrogen-bond acceptors (Lipinski definition) is 3. The average Bonchev–Trinajstić information content (AvgIpc) is 2.28. The Morgan fingerprint density at radius 1 is 1.25 bits per heavy atom. The highest BCUT2D eigenvalue weighted by Gasteiger charge is 2.14. The van der Waals surface area contributed by atoms with E-state index in [9.17, 15) is 0 Å². The third kappa shape index (κ3) is 1.99. The molecule has 12 heavy (non-hydrogen) atoms. The molecule has 0 bridgehead atoms. The van der Waals surface area contributed by atoms with Crippen molar-refractivity contribution in [3.8, 4) is 0 Å². The summed E-state index contributed by atoms with van der Waals surface area (Å²) in [5.41, 5.74) is 4.98. The maximum atomic E-state index is 3.45. The van der Waals surface area contributed by atoms with E-state index >= 15 is 0 Å². The van der Waals surface area contributed by atoms with Gasteiger partial charge in [0, 0.05) is 18.8 Å². The highest BCUT2D eigenvalue weighted by Crippen LogP contribution is 2.19. The molecule has 1 fully saturated rings. The van der Waals surface area contributed by atoms with Crippen LogP contribution in [0.4, 0.5) is 0 Å². The van der Waals surface area contributed by atoms with Crippen molar-refractivity contribution in [1.82, 2.24) is 16.6 Å². The van der Waals surface area contributed by atoms with Gasteiger partial charge in [-0.15, -0.1) is 0 Å². The minimum atomic E-state index is 0. The molecule has 70 valence electrons. The number of rotatable bonds is 0. The zero-order chi connectivity index (χ0) is 7.52. The lowest BCUT2D eigenvalue weighted by Gasteiger charge is -2.28. The molecule has 0 saturated carbocycles. The number of nitrogens with zero attached hydrogens (tertiary/aromatic N) is 1. The van der Waals surface area contributed by atoms with Gasteiger partial charge in [0.25, 0.3) is 0 Å². The highest BCUT2D eigenvalue weighted by atomic mass is 15.5. The van der Waals surface area contributed by atoms with Gasteiger partial charge < -0.3 is 11.2 Å². The van der Waals surface area contributed by atoms with Crippen LogP contribution in [0.15, 0.2) is 11.8 Å². The molecular formula is C9H19N3. The van der Waals surface area contributed by atoms with Crippen molar-refractivity contribution in [2.75, 3.05) is 13.1 Å². The average molecular weight is 169 g/mol. The van der Waals surface area contributed by atoms with Gasteiger partial charge in [0.05, 0.1) is 0 Å². The summed E-state index contributed by atoms with van der Waals surface area (Å²) in [6, 6.07) is 0. The fraction of sp³-hybridized carbons (Fsp3) is 0.778. The molecule has 4 N–H and O–H groups in total. The molecule has 1 saturated heterocycles. The molecule has 0 unspecified atom stereocenters. The van der Waals surface area contributed by atoms with Crippen LogP contribution in [-0.4, -0.2) is 18.1 Å². The second-order valence-electron chi connectivity index (χ2n) is 3.35. The summed E-state index contributed by atoms with van der Waals surface area (Å²) in [7, 11) is 0. The van der Waals surface area contributed by atoms with Crippen molar-refractivity contribution >= 4 is 0 Å². The number of fused-ring (bicyclic) bond motifs is 1. The van der Waals surface area contributed by atoms with Gasteiger partial charge in [-0.2, -0.15) is 0 Å². The minimum absolute atomic E-state index is 0. The molecule has 0 aromatic rings. The fourth-order valence-electron chi connectivity index (χ4n) is 1.83.